The van der Waals surface area contributed by atoms with Crippen LogP contribution in [0.3, 0.4) is 0 Å². The summed E-state index contributed by atoms with van der Waals surface area (Å²) in [4.78, 5) is 15.3. The van der Waals surface area contributed by atoms with E-state index in [2.05, 4.69) is 41.5 Å². The first-order valence-corrected chi connectivity index (χ1v) is 7.20. The van der Waals surface area contributed by atoms with Crippen molar-refractivity contribution in [1.82, 2.24) is 5.32 Å². The van der Waals surface area contributed by atoms with Crippen molar-refractivity contribution in [1.29, 1.82) is 0 Å². The van der Waals surface area contributed by atoms with Crippen LogP contribution in [0.4, 0.5) is 5.69 Å². The van der Waals surface area contributed by atoms with E-state index in [4.69, 9.17) is 0 Å². The van der Waals surface area contributed by atoms with Crippen molar-refractivity contribution in [2.45, 2.75) is 39.4 Å². The van der Waals surface area contributed by atoms with Crippen LogP contribution in [-0.2, 0) is 11.3 Å². The Kier molecular flexibility index (Phi) is 6.02. The molecule has 0 saturated carbocycles. The Morgan fingerprint density at radius 3 is 2.20 bits per heavy atom. The van der Waals surface area contributed by atoms with Gasteiger partial charge in [-0.2, -0.15) is 0 Å². The van der Waals surface area contributed by atoms with Crippen LogP contribution in [0.1, 0.15) is 26.3 Å². The zero-order valence-corrected chi connectivity index (χ0v) is 13.5. The lowest BCUT2D eigenvalue weighted by atomic mass is 10.1. The monoisotopic (exact) mass is 278 g/mol. The molecule has 0 aliphatic carbocycles. The molecule has 0 bridgehead atoms. The van der Waals surface area contributed by atoms with Crippen molar-refractivity contribution in [2.75, 3.05) is 26.0 Å². The first-order chi connectivity index (χ1) is 9.31. The molecule has 0 fully saturated rings. The predicted octanol–water partition coefficient (Wildman–Crippen LogP) is 0.680. The summed E-state index contributed by atoms with van der Waals surface area (Å²) in [6.07, 6.45) is 0. The van der Waals surface area contributed by atoms with Crippen LogP contribution in [0.2, 0.25) is 0 Å². The molecule has 4 nitrogen and oxygen atoms in total. The Bertz CT molecular complexity index is 426. The number of rotatable bonds is 6. The Morgan fingerprint density at radius 2 is 1.75 bits per heavy atom. The number of quaternary nitrogens is 1. The van der Waals surface area contributed by atoms with Gasteiger partial charge in [0.2, 0.25) is 0 Å². The fraction of sp³-hybridized carbons (Fsp3) is 0.562. The van der Waals surface area contributed by atoms with Gasteiger partial charge in [-0.15, -0.1) is 0 Å². The second kappa shape index (κ2) is 7.29. The first kappa shape index (κ1) is 16.5. The van der Waals surface area contributed by atoms with E-state index in [-0.39, 0.29) is 18.0 Å². The van der Waals surface area contributed by atoms with Crippen molar-refractivity contribution in [2.24, 2.45) is 0 Å². The van der Waals surface area contributed by atoms with Gasteiger partial charge in [0.05, 0.1) is 7.05 Å². The molecule has 1 rings (SSSR count). The van der Waals surface area contributed by atoms with Gasteiger partial charge in [0.25, 0.3) is 5.91 Å². The van der Waals surface area contributed by atoms with Crippen LogP contribution >= 0.6 is 0 Å². The van der Waals surface area contributed by atoms with E-state index in [1.807, 2.05) is 34.9 Å². The lowest BCUT2D eigenvalue weighted by Gasteiger charge is -2.22. The van der Waals surface area contributed by atoms with E-state index in [1.165, 1.54) is 16.2 Å². The van der Waals surface area contributed by atoms with Gasteiger partial charge in [-0.3, -0.25) is 4.79 Å². The number of hydrogen-bond donors (Lipinski definition) is 2. The van der Waals surface area contributed by atoms with E-state index < -0.39 is 0 Å². The Labute approximate surface area is 122 Å². The second-order valence-electron chi connectivity index (χ2n) is 5.97. The SMILES string of the molecule is CC(C)NC(=O)[C@@H](C)[NH+](C)Cc1ccc(N(C)C)cc1. The number of likely N-dealkylation sites (N-methyl/N-ethyl adjacent to an activating group) is 1. The molecule has 0 aliphatic rings. The number of carbonyl (C=O) groups excluding carboxylic acids is 1. The van der Waals surface area contributed by atoms with E-state index >= 15 is 0 Å². The van der Waals surface area contributed by atoms with Crippen LogP contribution in [0.25, 0.3) is 0 Å². The highest BCUT2D eigenvalue weighted by Crippen LogP contribution is 2.11. The van der Waals surface area contributed by atoms with Gasteiger partial charge in [0, 0.05) is 31.4 Å². The third-order valence-corrected chi connectivity index (χ3v) is 3.50. The van der Waals surface area contributed by atoms with Crippen molar-refractivity contribution in [3.05, 3.63) is 29.8 Å². The number of anilines is 1. The molecule has 0 radical (unpaired) electrons. The molecule has 1 aromatic rings. The summed E-state index contributed by atoms with van der Waals surface area (Å²) in [6.45, 7) is 6.79. The van der Waals surface area contributed by atoms with Gasteiger partial charge in [-0.25, -0.2) is 0 Å². The maximum absolute atomic E-state index is 12.0. The topological polar surface area (TPSA) is 36.8 Å². The number of nitrogens with one attached hydrogen (secondary N) is 2. The number of hydrogen-bond acceptors (Lipinski definition) is 2. The average Bonchev–Trinajstić information content (AvgIpc) is 2.37. The highest BCUT2D eigenvalue weighted by atomic mass is 16.2. The molecule has 0 saturated heterocycles. The standard InChI is InChI=1S/C16H27N3O/c1-12(2)17-16(20)13(3)19(6)11-14-7-9-15(10-8-14)18(4)5/h7-10,12-13H,11H2,1-6H3,(H,17,20)/p+1/t13-/m1/s1. The van der Waals surface area contributed by atoms with Crippen LogP contribution in [0.5, 0.6) is 0 Å². The summed E-state index contributed by atoms with van der Waals surface area (Å²) in [5.41, 5.74) is 2.44. The van der Waals surface area contributed by atoms with Gasteiger partial charge in [0.1, 0.15) is 6.54 Å². The van der Waals surface area contributed by atoms with Crippen molar-refractivity contribution < 1.29 is 9.69 Å². The molecule has 0 heterocycles. The van der Waals surface area contributed by atoms with Crippen molar-refractivity contribution in [3.8, 4) is 0 Å². The molecule has 0 aliphatic heterocycles. The maximum atomic E-state index is 12.0. The third-order valence-electron chi connectivity index (χ3n) is 3.50. The molecule has 1 aromatic carbocycles. The lowest BCUT2D eigenvalue weighted by Crippen LogP contribution is -3.12. The number of amides is 1. The van der Waals surface area contributed by atoms with Gasteiger partial charge >= 0.3 is 0 Å². The van der Waals surface area contributed by atoms with Gasteiger partial charge < -0.3 is 15.1 Å². The van der Waals surface area contributed by atoms with Crippen LogP contribution in [0.15, 0.2) is 24.3 Å². The van der Waals surface area contributed by atoms with Crippen LogP contribution < -0.4 is 15.1 Å². The van der Waals surface area contributed by atoms with Crippen molar-refractivity contribution >= 4 is 11.6 Å². The predicted molar refractivity (Wildman–Crippen MR) is 84.1 cm³/mol. The lowest BCUT2D eigenvalue weighted by molar-refractivity contribution is -0.908. The second-order valence-corrected chi connectivity index (χ2v) is 5.97. The van der Waals surface area contributed by atoms with Gasteiger partial charge in [-0.1, -0.05) is 12.1 Å². The minimum absolute atomic E-state index is 0.0501. The summed E-state index contributed by atoms with van der Waals surface area (Å²) >= 11 is 0. The Morgan fingerprint density at radius 1 is 1.20 bits per heavy atom. The summed E-state index contributed by atoms with van der Waals surface area (Å²) < 4.78 is 0. The molecular formula is C16H28N3O+. The van der Waals surface area contributed by atoms with Crippen molar-refractivity contribution in [3.63, 3.8) is 0 Å². The largest absolute Gasteiger partial charge is 0.378 e. The molecule has 0 spiro atoms. The third kappa shape index (κ3) is 4.85. The highest BCUT2D eigenvalue weighted by molar-refractivity contribution is 5.80. The van der Waals surface area contributed by atoms with E-state index in [0.717, 1.165) is 6.54 Å². The molecule has 112 valence electrons. The van der Waals surface area contributed by atoms with Gasteiger partial charge in [-0.05, 0) is 32.9 Å². The number of nitrogens with zero attached hydrogens (tertiary/aromatic N) is 1. The zero-order valence-electron chi connectivity index (χ0n) is 13.5. The molecule has 1 unspecified atom stereocenters. The highest BCUT2D eigenvalue weighted by Gasteiger charge is 2.22. The maximum Gasteiger partial charge on any atom is 0.278 e. The Balaban J connectivity index is 2.61. The molecule has 0 aromatic heterocycles. The average molecular weight is 278 g/mol. The van der Waals surface area contributed by atoms with E-state index in [0.29, 0.717) is 0 Å². The fourth-order valence-corrected chi connectivity index (χ4v) is 2.02. The minimum atomic E-state index is -0.0501. The van der Waals surface area contributed by atoms with Crippen LogP contribution in [0, 0.1) is 0 Å². The number of carbonyl (C=O) groups is 1. The molecule has 1 amide bonds. The summed E-state index contributed by atoms with van der Waals surface area (Å²) in [5.74, 6) is 0.113. The van der Waals surface area contributed by atoms with E-state index in [9.17, 15) is 4.79 Å². The fourth-order valence-electron chi connectivity index (χ4n) is 2.02. The summed E-state index contributed by atoms with van der Waals surface area (Å²) in [6, 6.07) is 8.63. The molecular weight excluding hydrogens is 250 g/mol. The molecule has 20 heavy (non-hydrogen) atoms. The minimum Gasteiger partial charge on any atom is -0.378 e. The molecule has 4 heteroatoms. The first-order valence-electron chi connectivity index (χ1n) is 7.20. The Hall–Kier alpha value is -1.55. The summed E-state index contributed by atoms with van der Waals surface area (Å²) in [7, 11) is 6.12. The normalized spacial score (nSPS) is 13.9. The van der Waals surface area contributed by atoms with Crippen LogP contribution in [-0.4, -0.2) is 39.1 Å². The zero-order chi connectivity index (χ0) is 15.3. The molecule has 2 N–H and O–H groups in total. The van der Waals surface area contributed by atoms with Gasteiger partial charge in [0.15, 0.2) is 6.04 Å². The smallest absolute Gasteiger partial charge is 0.278 e. The summed E-state index contributed by atoms with van der Waals surface area (Å²) in [5, 5.41) is 2.97. The molecule has 2 atom stereocenters. The van der Waals surface area contributed by atoms with E-state index in [1.54, 1.807) is 0 Å². The quantitative estimate of drug-likeness (QED) is 0.803. The number of benzene rings is 1.